The smallest absolute Gasteiger partial charge is 0.283 e. The van der Waals surface area contributed by atoms with Crippen LogP contribution in [0.3, 0.4) is 0 Å². The number of hydrogen-bond acceptors (Lipinski definition) is 4. The molecule has 2 N–H and O–H groups in total. The van der Waals surface area contributed by atoms with E-state index in [0.717, 1.165) is 18.4 Å². The third-order valence-corrected chi connectivity index (χ3v) is 5.14. The zero-order chi connectivity index (χ0) is 16.7. The Bertz CT molecular complexity index is 806. The standard InChI is InChI=1S/C18H20N2O4/c21-16(20-9-8-14-15(11-20)24-19-17(14)22)10-18(23,13-6-7-13)12-4-2-1-3-5-12/h1-5,13,23H,6-11H2,(H,19,22). The maximum Gasteiger partial charge on any atom is 0.283 e. The second-order valence-corrected chi connectivity index (χ2v) is 6.74. The van der Waals surface area contributed by atoms with Crippen molar-refractivity contribution in [2.45, 2.75) is 37.8 Å². The number of amides is 1. The van der Waals surface area contributed by atoms with Crippen molar-refractivity contribution in [3.8, 4) is 0 Å². The number of H-pyrrole nitrogens is 1. The average molecular weight is 328 g/mol. The first-order valence-electron chi connectivity index (χ1n) is 8.33. The van der Waals surface area contributed by atoms with Crippen LogP contribution >= 0.6 is 0 Å². The Hall–Kier alpha value is -2.34. The van der Waals surface area contributed by atoms with Gasteiger partial charge >= 0.3 is 0 Å². The highest BCUT2D eigenvalue weighted by molar-refractivity contribution is 5.78. The third-order valence-electron chi connectivity index (χ3n) is 5.14. The van der Waals surface area contributed by atoms with E-state index in [2.05, 4.69) is 5.16 Å². The largest absolute Gasteiger partial charge is 0.384 e. The lowest BCUT2D eigenvalue weighted by atomic mass is 9.85. The van der Waals surface area contributed by atoms with Gasteiger partial charge in [0.2, 0.25) is 5.91 Å². The number of nitrogens with zero attached hydrogens (tertiary/aromatic N) is 1. The normalized spacial score (nSPS) is 19.6. The zero-order valence-electron chi connectivity index (χ0n) is 13.3. The Kier molecular flexibility index (Phi) is 3.57. The molecule has 1 amide bonds. The van der Waals surface area contributed by atoms with Gasteiger partial charge in [-0.25, -0.2) is 0 Å². The van der Waals surface area contributed by atoms with Gasteiger partial charge in [0.15, 0.2) is 5.76 Å². The van der Waals surface area contributed by atoms with Crippen LogP contribution in [0.15, 0.2) is 39.6 Å². The molecule has 1 aromatic heterocycles. The number of carbonyl (C=O) groups is 1. The third kappa shape index (κ3) is 2.57. The number of aliphatic hydroxyl groups is 1. The fourth-order valence-corrected chi connectivity index (χ4v) is 3.56. The monoisotopic (exact) mass is 328 g/mol. The molecule has 126 valence electrons. The minimum atomic E-state index is -1.11. The van der Waals surface area contributed by atoms with Crippen molar-refractivity contribution in [3.63, 3.8) is 0 Å². The van der Waals surface area contributed by atoms with Crippen LogP contribution in [0.4, 0.5) is 0 Å². The second kappa shape index (κ2) is 5.63. The molecule has 1 aliphatic carbocycles. The fourth-order valence-electron chi connectivity index (χ4n) is 3.56. The average Bonchev–Trinajstić information content (AvgIpc) is 3.40. The summed E-state index contributed by atoms with van der Waals surface area (Å²) in [6.45, 7) is 0.756. The van der Waals surface area contributed by atoms with Gasteiger partial charge in [0.05, 0.1) is 18.5 Å². The summed E-state index contributed by atoms with van der Waals surface area (Å²) in [6.07, 6.45) is 2.43. The van der Waals surface area contributed by atoms with Crippen LogP contribution < -0.4 is 5.56 Å². The molecule has 6 nitrogen and oxygen atoms in total. The van der Waals surface area contributed by atoms with Gasteiger partial charge in [-0.15, -0.1) is 0 Å². The molecule has 24 heavy (non-hydrogen) atoms. The van der Waals surface area contributed by atoms with Gasteiger partial charge in [-0.1, -0.05) is 30.3 Å². The van der Waals surface area contributed by atoms with E-state index in [1.165, 1.54) is 0 Å². The number of benzene rings is 1. The van der Waals surface area contributed by atoms with Crippen molar-refractivity contribution in [3.05, 3.63) is 57.6 Å². The lowest BCUT2D eigenvalue weighted by Gasteiger charge is -2.32. The highest BCUT2D eigenvalue weighted by Crippen LogP contribution is 2.48. The van der Waals surface area contributed by atoms with Gasteiger partial charge < -0.3 is 14.5 Å². The van der Waals surface area contributed by atoms with Gasteiger partial charge in [-0.2, -0.15) is 5.16 Å². The summed E-state index contributed by atoms with van der Waals surface area (Å²) in [4.78, 5) is 26.0. The van der Waals surface area contributed by atoms with E-state index in [9.17, 15) is 14.7 Å². The van der Waals surface area contributed by atoms with Crippen molar-refractivity contribution in [1.82, 2.24) is 10.1 Å². The molecule has 1 saturated carbocycles. The topological polar surface area (TPSA) is 86.5 Å². The molecular weight excluding hydrogens is 308 g/mol. The molecule has 1 unspecified atom stereocenters. The number of aromatic nitrogens is 1. The lowest BCUT2D eigenvalue weighted by molar-refractivity contribution is -0.139. The molecular formula is C18H20N2O4. The second-order valence-electron chi connectivity index (χ2n) is 6.74. The van der Waals surface area contributed by atoms with E-state index in [1.807, 2.05) is 30.3 Å². The minimum absolute atomic E-state index is 0.0612. The van der Waals surface area contributed by atoms with E-state index in [1.54, 1.807) is 4.90 Å². The summed E-state index contributed by atoms with van der Waals surface area (Å²) < 4.78 is 5.15. The molecule has 0 spiro atoms. The molecule has 2 aliphatic rings. The van der Waals surface area contributed by atoms with Gasteiger partial charge in [0, 0.05) is 6.54 Å². The minimum Gasteiger partial charge on any atom is -0.384 e. The van der Waals surface area contributed by atoms with Crippen molar-refractivity contribution in [2.24, 2.45) is 5.92 Å². The van der Waals surface area contributed by atoms with E-state index in [-0.39, 0.29) is 30.3 Å². The first-order chi connectivity index (χ1) is 11.6. The highest BCUT2D eigenvalue weighted by atomic mass is 16.5. The molecule has 1 aliphatic heterocycles. The SMILES string of the molecule is O=C(CC(O)(c1ccccc1)C1CC1)N1CCc2c(o[nH]c2=O)C1. The van der Waals surface area contributed by atoms with Crippen LogP contribution in [-0.4, -0.2) is 27.6 Å². The predicted molar refractivity (Wildman–Crippen MR) is 86.1 cm³/mol. The predicted octanol–water partition coefficient (Wildman–Crippen LogP) is 1.54. The van der Waals surface area contributed by atoms with Gasteiger partial charge in [0.1, 0.15) is 5.60 Å². The van der Waals surface area contributed by atoms with Crippen LogP contribution in [0.5, 0.6) is 0 Å². The highest BCUT2D eigenvalue weighted by Gasteiger charge is 2.47. The summed E-state index contributed by atoms with van der Waals surface area (Å²) in [5.74, 6) is 0.548. The molecule has 0 saturated heterocycles. The Morgan fingerprint density at radius 2 is 2.08 bits per heavy atom. The molecule has 6 heteroatoms. The molecule has 4 rings (SSSR count). The van der Waals surface area contributed by atoms with Gasteiger partial charge in [0.25, 0.3) is 5.56 Å². The van der Waals surface area contributed by atoms with Crippen LogP contribution in [0, 0.1) is 5.92 Å². The Morgan fingerprint density at radius 3 is 2.79 bits per heavy atom. The first kappa shape index (κ1) is 15.2. The van der Waals surface area contributed by atoms with Crippen LogP contribution in [0.1, 0.15) is 36.1 Å². The van der Waals surface area contributed by atoms with Crippen LogP contribution in [0.2, 0.25) is 0 Å². The first-order valence-corrected chi connectivity index (χ1v) is 8.33. The van der Waals surface area contributed by atoms with Gasteiger partial charge in [-0.05, 0) is 30.7 Å². The molecule has 1 atom stereocenters. The maximum absolute atomic E-state index is 12.8. The zero-order valence-corrected chi connectivity index (χ0v) is 13.3. The molecule has 0 bridgehead atoms. The number of rotatable bonds is 4. The summed E-state index contributed by atoms with van der Waals surface area (Å²) >= 11 is 0. The number of aromatic amines is 1. The summed E-state index contributed by atoms with van der Waals surface area (Å²) in [7, 11) is 0. The number of carbonyl (C=O) groups excluding carboxylic acids is 1. The molecule has 0 radical (unpaired) electrons. The molecule has 2 heterocycles. The molecule has 2 aromatic rings. The van der Waals surface area contributed by atoms with Crippen molar-refractivity contribution in [2.75, 3.05) is 6.54 Å². The van der Waals surface area contributed by atoms with E-state index < -0.39 is 5.60 Å². The lowest BCUT2D eigenvalue weighted by Crippen LogP contribution is -2.41. The van der Waals surface area contributed by atoms with Crippen LogP contribution in [-0.2, 0) is 23.4 Å². The number of hydrogen-bond donors (Lipinski definition) is 2. The Balaban J connectivity index is 1.53. The van der Waals surface area contributed by atoms with E-state index in [4.69, 9.17) is 4.52 Å². The maximum atomic E-state index is 12.8. The van der Waals surface area contributed by atoms with E-state index in [0.29, 0.717) is 24.3 Å². The fraction of sp³-hybridized carbons (Fsp3) is 0.444. The summed E-state index contributed by atoms with van der Waals surface area (Å²) in [5, 5.41) is 13.5. The number of nitrogens with one attached hydrogen (secondary N) is 1. The van der Waals surface area contributed by atoms with Gasteiger partial charge in [-0.3, -0.25) is 9.59 Å². The number of fused-ring (bicyclic) bond motifs is 1. The van der Waals surface area contributed by atoms with Crippen molar-refractivity contribution >= 4 is 5.91 Å². The Morgan fingerprint density at radius 1 is 1.33 bits per heavy atom. The van der Waals surface area contributed by atoms with Crippen molar-refractivity contribution < 1.29 is 14.4 Å². The summed E-state index contributed by atoms with van der Waals surface area (Å²) in [6, 6.07) is 9.43. The van der Waals surface area contributed by atoms with Crippen LogP contribution in [0.25, 0.3) is 0 Å². The molecule has 1 aromatic carbocycles. The molecule has 1 fully saturated rings. The van der Waals surface area contributed by atoms with Crippen molar-refractivity contribution in [1.29, 1.82) is 0 Å². The van der Waals surface area contributed by atoms with E-state index >= 15 is 0 Å². The quantitative estimate of drug-likeness (QED) is 0.891. The summed E-state index contributed by atoms with van der Waals surface area (Å²) in [5.41, 5.74) is 0.0968. The Labute approximate surface area is 139 Å².